The highest BCUT2D eigenvalue weighted by atomic mass is 15.1. The summed E-state index contributed by atoms with van der Waals surface area (Å²) in [6.07, 6.45) is 3.39. The molecule has 0 radical (unpaired) electrons. The summed E-state index contributed by atoms with van der Waals surface area (Å²) in [6.45, 7) is 3.84. The van der Waals surface area contributed by atoms with Crippen LogP contribution in [0.3, 0.4) is 0 Å². The van der Waals surface area contributed by atoms with Crippen molar-refractivity contribution in [2.24, 2.45) is 9.98 Å². The van der Waals surface area contributed by atoms with Gasteiger partial charge in [-0.3, -0.25) is 0 Å². The van der Waals surface area contributed by atoms with Crippen LogP contribution in [0.15, 0.2) is 22.4 Å². The first kappa shape index (κ1) is 7.09. The lowest BCUT2D eigenvalue weighted by atomic mass is 10.1. The molecule has 4 nitrogen and oxygen atoms in total. The summed E-state index contributed by atoms with van der Waals surface area (Å²) >= 11 is 0. The average Bonchev–Trinajstić information content (AvgIpc) is 2.01. The number of aromatic nitrogens is 2. The molecule has 0 spiro atoms. The van der Waals surface area contributed by atoms with E-state index in [9.17, 15) is 0 Å². The Bertz CT molecular complexity index is 378. The number of amidine groups is 2. The van der Waals surface area contributed by atoms with Crippen LogP contribution in [0.4, 0.5) is 0 Å². The van der Waals surface area contributed by atoms with Crippen LogP contribution in [0, 0.1) is 6.92 Å². The molecule has 0 saturated carbocycles. The Morgan fingerprint density at radius 1 is 1.00 bits per heavy atom. The highest BCUT2D eigenvalue weighted by Crippen LogP contribution is 2.11. The fraction of sp³-hybridized carbons (Fsp3) is 0.250. The second-order valence-corrected chi connectivity index (χ2v) is 2.68. The summed E-state index contributed by atoms with van der Waals surface area (Å²) in [7, 11) is 0. The smallest absolute Gasteiger partial charge is 0.165 e. The van der Waals surface area contributed by atoms with Crippen LogP contribution in [0.2, 0.25) is 0 Å². The summed E-state index contributed by atoms with van der Waals surface area (Å²) in [5, 5.41) is 7.52. The Morgan fingerprint density at radius 3 is 2.25 bits per heavy atom. The van der Waals surface area contributed by atoms with Gasteiger partial charge in [0.25, 0.3) is 0 Å². The summed E-state index contributed by atoms with van der Waals surface area (Å²) in [6, 6.07) is 0. The van der Waals surface area contributed by atoms with Crippen LogP contribution < -0.4 is 0 Å². The summed E-state index contributed by atoms with van der Waals surface area (Å²) in [5.41, 5.74) is 2.02. The van der Waals surface area contributed by atoms with E-state index in [1.807, 2.05) is 13.8 Å². The molecule has 1 aromatic heterocycles. The second kappa shape index (κ2) is 2.48. The highest BCUT2D eigenvalue weighted by Gasteiger charge is 2.12. The van der Waals surface area contributed by atoms with Crippen LogP contribution in [0.25, 0.3) is 0 Å². The maximum atomic E-state index is 4.15. The van der Waals surface area contributed by atoms with E-state index in [1.165, 1.54) is 0 Å². The zero-order chi connectivity index (χ0) is 8.55. The first-order valence-corrected chi connectivity index (χ1v) is 3.69. The quantitative estimate of drug-likeness (QED) is 0.614. The van der Waals surface area contributed by atoms with Crippen LogP contribution in [-0.2, 0) is 0 Å². The standard InChI is InChI=1S/C8H8N4/c1-5-3-9-10-4-7(5)8-11-6(2)12-8/h3-4H,1-2H3. The van der Waals surface area contributed by atoms with E-state index in [1.54, 1.807) is 12.4 Å². The van der Waals surface area contributed by atoms with Gasteiger partial charge in [0.15, 0.2) is 5.84 Å². The molecule has 4 heteroatoms. The number of rotatable bonds is 1. The van der Waals surface area contributed by atoms with Crippen molar-refractivity contribution in [2.75, 3.05) is 0 Å². The largest absolute Gasteiger partial charge is 0.213 e. The van der Waals surface area contributed by atoms with Gasteiger partial charge in [0.05, 0.1) is 12.4 Å². The molecule has 0 atom stereocenters. The minimum atomic E-state index is 0.764. The molecular formula is C8H8N4. The lowest BCUT2D eigenvalue weighted by Crippen LogP contribution is -2.13. The van der Waals surface area contributed by atoms with Crippen molar-refractivity contribution in [1.29, 1.82) is 0 Å². The van der Waals surface area contributed by atoms with Crippen LogP contribution >= 0.6 is 0 Å². The normalized spacial score (nSPS) is 14.8. The third-order valence-corrected chi connectivity index (χ3v) is 1.71. The van der Waals surface area contributed by atoms with E-state index in [-0.39, 0.29) is 0 Å². The molecule has 1 aromatic rings. The zero-order valence-electron chi connectivity index (χ0n) is 6.94. The number of hydrogen-bond acceptors (Lipinski definition) is 4. The number of hydrogen-bond donors (Lipinski definition) is 0. The van der Waals surface area contributed by atoms with Crippen LogP contribution in [0.1, 0.15) is 18.1 Å². The minimum Gasteiger partial charge on any atom is -0.213 e. The van der Waals surface area contributed by atoms with Crippen molar-refractivity contribution in [2.45, 2.75) is 13.8 Å². The van der Waals surface area contributed by atoms with Gasteiger partial charge in [-0.2, -0.15) is 10.2 Å². The Hall–Kier alpha value is -1.58. The third-order valence-electron chi connectivity index (χ3n) is 1.71. The summed E-state index contributed by atoms with van der Waals surface area (Å²) < 4.78 is 0. The van der Waals surface area contributed by atoms with Crippen LogP contribution in [-0.4, -0.2) is 21.9 Å². The van der Waals surface area contributed by atoms with Crippen molar-refractivity contribution in [3.05, 3.63) is 23.5 Å². The Labute approximate surface area is 70.1 Å². The van der Waals surface area contributed by atoms with E-state index in [0.717, 1.165) is 22.8 Å². The first-order valence-electron chi connectivity index (χ1n) is 3.69. The van der Waals surface area contributed by atoms with Gasteiger partial charge in [-0.1, -0.05) is 0 Å². The number of aliphatic imine (C=N–C) groups is 2. The Kier molecular flexibility index (Phi) is 1.46. The van der Waals surface area contributed by atoms with Gasteiger partial charge in [-0.25, -0.2) is 9.98 Å². The summed E-state index contributed by atoms with van der Waals surface area (Å²) in [5.74, 6) is 1.58. The third kappa shape index (κ3) is 1.01. The molecular weight excluding hydrogens is 152 g/mol. The number of nitrogens with zero attached hydrogens (tertiary/aromatic N) is 4. The van der Waals surface area contributed by atoms with E-state index >= 15 is 0 Å². The Balaban J connectivity index is 2.37. The zero-order valence-corrected chi connectivity index (χ0v) is 6.94. The monoisotopic (exact) mass is 160 g/mol. The molecule has 0 fully saturated rings. The van der Waals surface area contributed by atoms with Gasteiger partial charge in [0.1, 0.15) is 5.84 Å². The van der Waals surface area contributed by atoms with Gasteiger partial charge in [0, 0.05) is 5.56 Å². The van der Waals surface area contributed by atoms with E-state index in [0.29, 0.717) is 0 Å². The fourth-order valence-corrected chi connectivity index (χ4v) is 1.05. The van der Waals surface area contributed by atoms with Gasteiger partial charge in [0.2, 0.25) is 0 Å². The molecule has 0 aromatic carbocycles. The maximum Gasteiger partial charge on any atom is 0.165 e. The van der Waals surface area contributed by atoms with Gasteiger partial charge < -0.3 is 0 Å². The molecule has 12 heavy (non-hydrogen) atoms. The van der Waals surface area contributed by atoms with E-state index in [2.05, 4.69) is 20.2 Å². The van der Waals surface area contributed by atoms with E-state index in [4.69, 9.17) is 0 Å². The van der Waals surface area contributed by atoms with Crippen molar-refractivity contribution in [3.8, 4) is 0 Å². The molecule has 0 N–H and O–H groups in total. The van der Waals surface area contributed by atoms with Crippen molar-refractivity contribution < 1.29 is 0 Å². The predicted molar refractivity (Wildman–Crippen MR) is 46.4 cm³/mol. The molecule has 60 valence electrons. The minimum absolute atomic E-state index is 0.764. The predicted octanol–water partition coefficient (Wildman–Crippen LogP) is 0.964. The topological polar surface area (TPSA) is 50.5 Å². The lowest BCUT2D eigenvalue weighted by molar-refractivity contribution is 1.01. The molecule has 2 heterocycles. The van der Waals surface area contributed by atoms with Crippen molar-refractivity contribution in [3.63, 3.8) is 0 Å². The average molecular weight is 160 g/mol. The molecule has 1 aliphatic rings. The Morgan fingerprint density at radius 2 is 1.67 bits per heavy atom. The van der Waals surface area contributed by atoms with Gasteiger partial charge in [-0.05, 0) is 19.4 Å². The second-order valence-electron chi connectivity index (χ2n) is 2.68. The van der Waals surface area contributed by atoms with Gasteiger partial charge in [-0.15, -0.1) is 0 Å². The molecule has 0 bridgehead atoms. The van der Waals surface area contributed by atoms with Gasteiger partial charge >= 0.3 is 0 Å². The molecule has 0 unspecified atom stereocenters. The van der Waals surface area contributed by atoms with E-state index < -0.39 is 0 Å². The lowest BCUT2D eigenvalue weighted by Gasteiger charge is -2.10. The maximum absolute atomic E-state index is 4.15. The molecule has 1 aliphatic heterocycles. The molecule has 2 rings (SSSR count). The van der Waals surface area contributed by atoms with Crippen molar-refractivity contribution >= 4 is 11.7 Å². The molecule has 0 amide bonds. The SMILES string of the molecule is CC1=NC(c2cnncc2C)=N1. The fourth-order valence-electron chi connectivity index (χ4n) is 1.05. The molecule has 0 saturated heterocycles. The first-order chi connectivity index (χ1) is 5.77. The number of aryl methyl sites for hydroxylation is 1. The summed E-state index contributed by atoms with van der Waals surface area (Å²) in [4.78, 5) is 8.30. The molecule has 0 aliphatic carbocycles. The van der Waals surface area contributed by atoms with Crippen molar-refractivity contribution in [1.82, 2.24) is 10.2 Å². The van der Waals surface area contributed by atoms with Crippen LogP contribution in [0.5, 0.6) is 0 Å². The highest BCUT2D eigenvalue weighted by molar-refractivity contribution is 6.18.